The van der Waals surface area contributed by atoms with E-state index >= 15 is 0 Å². The monoisotopic (exact) mass is 433 g/mol. The van der Waals surface area contributed by atoms with E-state index in [9.17, 15) is 9.59 Å². The van der Waals surface area contributed by atoms with Gasteiger partial charge in [-0.3, -0.25) is 14.5 Å². The Balaban J connectivity index is 1.61. The second-order valence-corrected chi connectivity index (χ2v) is 7.80. The van der Waals surface area contributed by atoms with Crippen LogP contribution >= 0.6 is 11.3 Å². The Bertz CT molecular complexity index is 837. The highest BCUT2D eigenvalue weighted by Crippen LogP contribution is 2.29. The molecule has 1 aromatic carbocycles. The van der Waals surface area contributed by atoms with Gasteiger partial charge in [0.1, 0.15) is 0 Å². The Kier molecular flexibility index (Phi) is 8.04. The number of hydrogen-bond acceptors (Lipinski definition) is 7. The lowest BCUT2D eigenvalue weighted by Gasteiger charge is -2.21. The van der Waals surface area contributed by atoms with Gasteiger partial charge < -0.3 is 19.5 Å². The van der Waals surface area contributed by atoms with Crippen LogP contribution in [-0.2, 0) is 20.9 Å². The molecule has 0 bridgehead atoms. The maximum Gasteiger partial charge on any atom is 0.229 e. The molecule has 3 rings (SSSR count). The van der Waals surface area contributed by atoms with E-state index in [1.54, 1.807) is 31.4 Å². The summed E-state index contributed by atoms with van der Waals surface area (Å²) in [5, 5.41) is 5.26. The van der Waals surface area contributed by atoms with Crippen molar-refractivity contribution >= 4 is 28.3 Å². The molecule has 162 valence electrons. The van der Waals surface area contributed by atoms with Gasteiger partial charge in [-0.05, 0) is 30.5 Å². The van der Waals surface area contributed by atoms with Crippen LogP contribution in [0.4, 0.5) is 5.13 Å². The molecule has 0 aliphatic carbocycles. The van der Waals surface area contributed by atoms with Crippen LogP contribution in [0.3, 0.4) is 0 Å². The van der Waals surface area contributed by atoms with E-state index < -0.39 is 0 Å². The third kappa shape index (κ3) is 5.93. The van der Waals surface area contributed by atoms with Gasteiger partial charge in [0.15, 0.2) is 16.6 Å². The number of anilines is 1. The van der Waals surface area contributed by atoms with Crippen LogP contribution in [0, 0.1) is 0 Å². The first-order valence-electron chi connectivity index (χ1n) is 9.89. The Morgan fingerprint density at radius 2 is 2.10 bits per heavy atom. The summed E-state index contributed by atoms with van der Waals surface area (Å²) in [6.07, 6.45) is 3.95. The van der Waals surface area contributed by atoms with Crippen LogP contribution < -0.4 is 19.7 Å². The summed E-state index contributed by atoms with van der Waals surface area (Å²) >= 11 is 1.38. The number of hydrogen-bond donors (Lipinski definition) is 1. The number of nitrogens with one attached hydrogen (secondary N) is 1. The number of carbonyl (C=O) groups is 2. The molecule has 1 aliphatic heterocycles. The predicted octanol–water partition coefficient (Wildman–Crippen LogP) is 2.77. The van der Waals surface area contributed by atoms with Crippen LogP contribution in [0.1, 0.15) is 31.2 Å². The molecule has 0 radical (unpaired) electrons. The molecule has 1 fully saturated rings. The minimum atomic E-state index is -0.160. The van der Waals surface area contributed by atoms with Crippen molar-refractivity contribution in [2.75, 3.05) is 32.3 Å². The Hall–Kier alpha value is -2.65. The molecule has 8 nitrogen and oxygen atoms in total. The molecule has 1 aromatic heterocycles. The van der Waals surface area contributed by atoms with E-state index in [1.165, 1.54) is 11.3 Å². The van der Waals surface area contributed by atoms with Gasteiger partial charge in [0.2, 0.25) is 11.8 Å². The molecule has 1 aliphatic rings. The zero-order valence-electron chi connectivity index (χ0n) is 17.3. The minimum Gasteiger partial charge on any atom is -0.493 e. The van der Waals surface area contributed by atoms with Crippen LogP contribution in [0.25, 0.3) is 0 Å². The fourth-order valence-corrected chi connectivity index (χ4v) is 3.91. The van der Waals surface area contributed by atoms with Gasteiger partial charge >= 0.3 is 0 Å². The lowest BCUT2D eigenvalue weighted by Crippen LogP contribution is -2.34. The average molecular weight is 434 g/mol. The molecule has 0 spiro atoms. The number of amides is 2. The lowest BCUT2D eigenvalue weighted by molar-refractivity contribution is -0.125. The molecule has 1 saturated heterocycles. The molecule has 1 unspecified atom stereocenters. The van der Waals surface area contributed by atoms with Crippen molar-refractivity contribution in [1.29, 1.82) is 0 Å². The number of aromatic nitrogens is 1. The molecule has 9 heteroatoms. The van der Waals surface area contributed by atoms with Crippen molar-refractivity contribution in [1.82, 2.24) is 10.3 Å². The third-order valence-electron chi connectivity index (χ3n) is 4.86. The lowest BCUT2D eigenvalue weighted by atomic mass is 10.1. The Morgan fingerprint density at radius 1 is 1.27 bits per heavy atom. The van der Waals surface area contributed by atoms with Crippen molar-refractivity contribution in [2.24, 2.45) is 0 Å². The topological polar surface area (TPSA) is 90.0 Å². The number of carbonyl (C=O) groups excluding carboxylic acids is 2. The summed E-state index contributed by atoms with van der Waals surface area (Å²) in [7, 11) is 3.15. The molecular formula is C21H27N3O5S. The summed E-state index contributed by atoms with van der Waals surface area (Å²) in [6.45, 7) is 1.57. The maximum atomic E-state index is 12.9. The van der Waals surface area contributed by atoms with Crippen LogP contribution in [0.5, 0.6) is 11.5 Å². The standard InChI is InChI=1S/C21H27N3O5S/c1-27-17-6-5-15(12-18(17)28-2)14-24(21-22-9-11-30-21)20(26)8-7-19(25)23-13-16-4-3-10-29-16/h5-6,9,11-12,16H,3-4,7-8,10,13-14H2,1-2H3,(H,23,25). The van der Waals surface area contributed by atoms with E-state index in [4.69, 9.17) is 14.2 Å². The highest BCUT2D eigenvalue weighted by molar-refractivity contribution is 7.13. The summed E-state index contributed by atoms with van der Waals surface area (Å²) in [6, 6.07) is 5.52. The summed E-state index contributed by atoms with van der Waals surface area (Å²) in [5.74, 6) is 0.905. The van der Waals surface area contributed by atoms with Gasteiger partial charge in [-0.1, -0.05) is 6.07 Å². The zero-order valence-corrected chi connectivity index (χ0v) is 18.1. The molecule has 2 heterocycles. The molecule has 30 heavy (non-hydrogen) atoms. The van der Waals surface area contributed by atoms with Gasteiger partial charge in [0.05, 0.1) is 26.9 Å². The number of thiazole rings is 1. The minimum absolute atomic E-state index is 0.0847. The highest BCUT2D eigenvalue weighted by Gasteiger charge is 2.21. The SMILES string of the molecule is COc1ccc(CN(C(=O)CCC(=O)NCC2CCCO2)c2nccs2)cc1OC. The fraction of sp³-hybridized carbons (Fsp3) is 0.476. The first kappa shape index (κ1) is 22.0. The van der Waals surface area contributed by atoms with Crippen LogP contribution in [-0.4, -0.2) is 50.3 Å². The number of nitrogens with zero attached hydrogens (tertiary/aromatic N) is 2. The van der Waals surface area contributed by atoms with Crippen LogP contribution in [0.2, 0.25) is 0 Å². The van der Waals surface area contributed by atoms with Gasteiger partial charge in [-0.25, -0.2) is 4.98 Å². The van der Waals surface area contributed by atoms with E-state index in [0.717, 1.165) is 25.0 Å². The molecule has 2 aromatic rings. The second kappa shape index (κ2) is 10.9. The molecule has 0 saturated carbocycles. The zero-order chi connectivity index (χ0) is 21.3. The highest BCUT2D eigenvalue weighted by atomic mass is 32.1. The van der Waals surface area contributed by atoms with Gasteiger partial charge in [0.25, 0.3) is 0 Å². The van der Waals surface area contributed by atoms with Crippen molar-refractivity contribution in [3.8, 4) is 11.5 Å². The second-order valence-electron chi connectivity index (χ2n) is 6.92. The smallest absolute Gasteiger partial charge is 0.229 e. The van der Waals surface area contributed by atoms with Crippen molar-refractivity contribution in [3.05, 3.63) is 35.3 Å². The normalized spacial score (nSPS) is 15.6. The average Bonchev–Trinajstić information content (AvgIpc) is 3.48. The Morgan fingerprint density at radius 3 is 2.77 bits per heavy atom. The Labute approximate surface area is 180 Å². The number of ether oxygens (including phenoxy) is 3. The summed E-state index contributed by atoms with van der Waals surface area (Å²) in [4.78, 5) is 30.9. The summed E-state index contributed by atoms with van der Waals surface area (Å²) < 4.78 is 16.1. The number of methoxy groups -OCH3 is 2. The van der Waals surface area contributed by atoms with E-state index in [1.807, 2.05) is 17.5 Å². The van der Waals surface area contributed by atoms with E-state index in [2.05, 4.69) is 10.3 Å². The summed E-state index contributed by atoms with van der Waals surface area (Å²) in [5.41, 5.74) is 0.874. The molecular weight excluding hydrogens is 406 g/mol. The molecule has 1 atom stereocenters. The van der Waals surface area contributed by atoms with E-state index in [-0.39, 0.29) is 30.8 Å². The largest absolute Gasteiger partial charge is 0.493 e. The van der Waals surface area contributed by atoms with Gasteiger partial charge in [0, 0.05) is 37.6 Å². The van der Waals surface area contributed by atoms with Crippen molar-refractivity contribution < 1.29 is 23.8 Å². The third-order valence-corrected chi connectivity index (χ3v) is 5.65. The van der Waals surface area contributed by atoms with Gasteiger partial charge in [-0.2, -0.15) is 0 Å². The number of rotatable bonds is 10. The van der Waals surface area contributed by atoms with Crippen molar-refractivity contribution in [3.63, 3.8) is 0 Å². The molecule has 1 N–H and O–H groups in total. The van der Waals surface area contributed by atoms with Crippen molar-refractivity contribution in [2.45, 2.75) is 38.3 Å². The quantitative estimate of drug-likeness (QED) is 0.620. The molecule has 2 amide bonds. The maximum absolute atomic E-state index is 12.9. The predicted molar refractivity (Wildman–Crippen MR) is 114 cm³/mol. The van der Waals surface area contributed by atoms with E-state index in [0.29, 0.717) is 29.7 Å². The first-order valence-corrected chi connectivity index (χ1v) is 10.8. The van der Waals surface area contributed by atoms with Crippen LogP contribution in [0.15, 0.2) is 29.8 Å². The first-order chi connectivity index (χ1) is 14.6. The fourth-order valence-electron chi connectivity index (χ4n) is 3.25. The van der Waals surface area contributed by atoms with Gasteiger partial charge in [-0.15, -0.1) is 11.3 Å². The number of benzene rings is 1.